The number of nitrogens with two attached hydrogens (primary N) is 3. The number of ketones is 1. The summed E-state index contributed by atoms with van der Waals surface area (Å²) in [6.45, 7) is 11.8. The topological polar surface area (TPSA) is 328 Å². The van der Waals surface area contributed by atoms with E-state index in [-0.39, 0.29) is 47.3 Å². The van der Waals surface area contributed by atoms with Crippen LogP contribution in [0.5, 0.6) is 0 Å². The number of anilines is 5. The maximum Gasteiger partial charge on any atom is 0.326 e. The lowest BCUT2D eigenvalue weighted by molar-refractivity contribution is -0.139. The molecular formula is C51H71N13O11. The standard InChI is InChI=1S/C51H71N13O11/c1-33-43-40(30-51(2,3)31-41(43)65)64(61-33)36-11-12-37(46(53)67)39(29-36)55-15-5-19-71-21-23-73-25-27-75-28-26-74-24-22-72-20-6-16-56-42(66)14-13-38(49(69)70)58-48(68)34-7-9-35(10-8-34)62(4)32-63-18-17-57-47-44(63)45(52)59-50(54)60-47/h7-12,17,29,38,55H,5-6,13-16,18-28,30-32H2,1-4H3,(H2,53,67)(H,56,66)(H,58,68)(H,69,70)(H4,52,54,59,60)/t38-/m0/s1. The molecule has 0 radical (unpaired) electrons. The van der Waals surface area contributed by atoms with Crippen LogP contribution in [0, 0.1) is 12.3 Å². The molecule has 0 spiro atoms. The van der Waals surface area contributed by atoms with E-state index in [0.717, 1.165) is 17.1 Å². The third-order valence-corrected chi connectivity index (χ3v) is 12.2. The van der Waals surface area contributed by atoms with Crippen LogP contribution in [0.3, 0.4) is 0 Å². The minimum absolute atomic E-state index is 0.0348. The van der Waals surface area contributed by atoms with Gasteiger partial charge in [-0.15, -0.1) is 0 Å². The lowest BCUT2D eigenvalue weighted by Gasteiger charge is -2.32. The lowest BCUT2D eigenvalue weighted by atomic mass is 9.75. The van der Waals surface area contributed by atoms with E-state index in [2.05, 4.69) is 44.8 Å². The molecule has 6 rings (SSSR count). The highest BCUT2D eigenvalue weighted by atomic mass is 16.6. The quantitative estimate of drug-likeness (QED) is 0.0346. The number of fused-ring (bicyclic) bond motifs is 2. The van der Waals surface area contributed by atoms with Crippen LogP contribution in [0.25, 0.3) is 5.69 Å². The smallest absolute Gasteiger partial charge is 0.326 e. The average Bonchev–Trinajstić information content (AvgIpc) is 3.70. The summed E-state index contributed by atoms with van der Waals surface area (Å²) >= 11 is 0. The summed E-state index contributed by atoms with van der Waals surface area (Å²) in [7, 11) is 1.86. The summed E-state index contributed by atoms with van der Waals surface area (Å²) in [5.74, 6) is -1.96. The Kier molecular flexibility index (Phi) is 21.2. The Morgan fingerprint density at radius 1 is 0.853 bits per heavy atom. The zero-order chi connectivity index (χ0) is 53.9. The maximum atomic E-state index is 13.0. The SMILES string of the molecule is Cc1nn(-c2ccc(C(N)=O)c(NCCCOCCOCCOCCOCCOCCCNC(=O)CC[C@H](NC(=O)c3ccc(N(C)CN4CC=Nc5nc(N)nc(N)c54)cc3)C(=O)O)c2)c2c1C(=O)CC(C)(C)C2. The van der Waals surface area contributed by atoms with E-state index in [4.69, 9.17) is 46.0 Å². The Balaban J connectivity index is 0.728. The van der Waals surface area contributed by atoms with Crippen LogP contribution < -0.4 is 43.0 Å². The molecule has 1 aliphatic carbocycles. The number of benzene rings is 2. The lowest BCUT2D eigenvalue weighted by Crippen LogP contribution is -2.41. The van der Waals surface area contributed by atoms with Gasteiger partial charge in [0.1, 0.15) is 11.7 Å². The third-order valence-electron chi connectivity index (χ3n) is 12.2. The summed E-state index contributed by atoms with van der Waals surface area (Å²) in [6, 6.07) is 10.7. The second-order valence-electron chi connectivity index (χ2n) is 18.9. The molecule has 3 heterocycles. The molecule has 0 saturated carbocycles. The van der Waals surface area contributed by atoms with Gasteiger partial charge in [-0.25, -0.2) is 14.5 Å². The monoisotopic (exact) mass is 1040 g/mol. The van der Waals surface area contributed by atoms with Crippen molar-refractivity contribution in [3.05, 3.63) is 70.5 Å². The van der Waals surface area contributed by atoms with Crippen molar-refractivity contribution in [1.82, 2.24) is 30.4 Å². The van der Waals surface area contributed by atoms with Crippen LogP contribution in [-0.4, -0.2) is 166 Å². The molecule has 1 atom stereocenters. The average molecular weight is 1040 g/mol. The number of aryl methyl sites for hydroxylation is 1. The first-order chi connectivity index (χ1) is 36.0. The molecule has 0 unspecified atom stereocenters. The number of nitrogens with one attached hydrogen (secondary N) is 3. The van der Waals surface area contributed by atoms with Gasteiger partial charge in [-0.1, -0.05) is 13.8 Å². The van der Waals surface area contributed by atoms with E-state index < -0.39 is 23.8 Å². The molecule has 3 amide bonds. The van der Waals surface area contributed by atoms with Crippen molar-refractivity contribution in [2.75, 3.05) is 126 Å². The van der Waals surface area contributed by atoms with E-state index in [1.807, 2.05) is 29.8 Å². The number of aliphatic carboxylic acids is 1. The van der Waals surface area contributed by atoms with Crippen molar-refractivity contribution < 1.29 is 52.8 Å². The van der Waals surface area contributed by atoms with Gasteiger partial charge in [0.2, 0.25) is 11.9 Å². The van der Waals surface area contributed by atoms with Gasteiger partial charge >= 0.3 is 5.97 Å². The van der Waals surface area contributed by atoms with Gasteiger partial charge in [0.25, 0.3) is 11.8 Å². The Labute approximate surface area is 436 Å². The van der Waals surface area contributed by atoms with Gasteiger partial charge in [0, 0.05) is 69.3 Å². The Morgan fingerprint density at radius 3 is 2.11 bits per heavy atom. The van der Waals surface area contributed by atoms with Crippen LogP contribution in [0.4, 0.5) is 34.6 Å². The number of hydrogen-bond acceptors (Lipinski definition) is 19. The number of nitrogen functional groups attached to an aromatic ring is 2. The number of Topliss-reactive ketones (excluding diaryl/α,β-unsaturated/α-hetero) is 1. The molecule has 75 heavy (non-hydrogen) atoms. The molecule has 24 heteroatoms. The highest BCUT2D eigenvalue weighted by molar-refractivity contribution is 6.01. The highest BCUT2D eigenvalue weighted by Gasteiger charge is 2.36. The van der Waals surface area contributed by atoms with Crippen molar-refractivity contribution in [1.29, 1.82) is 0 Å². The molecule has 10 N–H and O–H groups in total. The second kappa shape index (κ2) is 27.9. The second-order valence-corrected chi connectivity index (χ2v) is 18.9. The van der Waals surface area contributed by atoms with Crippen molar-refractivity contribution in [3.63, 3.8) is 0 Å². The number of ether oxygens (including phenoxy) is 5. The van der Waals surface area contributed by atoms with Gasteiger partial charge in [-0.05, 0) is 80.5 Å². The Hall–Kier alpha value is -7.25. The predicted octanol–water partition coefficient (Wildman–Crippen LogP) is 3.06. The molecule has 0 fully saturated rings. The molecule has 406 valence electrons. The number of aromatic nitrogens is 4. The number of hydrogen-bond donors (Lipinski definition) is 7. The number of amides is 3. The van der Waals surface area contributed by atoms with Crippen LogP contribution in [0.2, 0.25) is 0 Å². The number of carbonyl (C=O) groups is 5. The fourth-order valence-electron chi connectivity index (χ4n) is 8.54. The largest absolute Gasteiger partial charge is 0.480 e. The number of carboxylic acids is 1. The summed E-state index contributed by atoms with van der Waals surface area (Å²) in [5, 5.41) is 23.0. The van der Waals surface area contributed by atoms with Crippen LogP contribution in [-0.2, 0) is 39.7 Å². The van der Waals surface area contributed by atoms with Gasteiger partial charge in [0.15, 0.2) is 17.4 Å². The summed E-state index contributed by atoms with van der Waals surface area (Å²) in [5.41, 5.74) is 22.9. The van der Waals surface area contributed by atoms with Gasteiger partial charge < -0.3 is 71.7 Å². The minimum atomic E-state index is -1.26. The Morgan fingerprint density at radius 2 is 1.48 bits per heavy atom. The third kappa shape index (κ3) is 16.9. The molecule has 2 aromatic heterocycles. The van der Waals surface area contributed by atoms with Crippen LogP contribution in [0.1, 0.15) is 88.4 Å². The Bertz CT molecular complexity index is 2630. The molecule has 0 bridgehead atoms. The zero-order valence-corrected chi connectivity index (χ0v) is 43.2. The number of rotatable bonds is 32. The van der Waals surface area contributed by atoms with Gasteiger partial charge in [-0.3, -0.25) is 19.2 Å². The summed E-state index contributed by atoms with van der Waals surface area (Å²) in [4.78, 5) is 78.8. The fourth-order valence-corrected chi connectivity index (χ4v) is 8.54. The zero-order valence-electron chi connectivity index (χ0n) is 43.2. The van der Waals surface area contributed by atoms with Crippen molar-refractivity contribution in [2.45, 2.75) is 65.3 Å². The normalized spacial score (nSPS) is 14.0. The first-order valence-corrected chi connectivity index (χ1v) is 25.0. The maximum absolute atomic E-state index is 13.0. The van der Waals surface area contributed by atoms with E-state index >= 15 is 0 Å². The number of carbonyl (C=O) groups excluding carboxylic acids is 4. The van der Waals surface area contributed by atoms with Gasteiger partial charge in [0.05, 0.1) is 94.3 Å². The first-order valence-electron chi connectivity index (χ1n) is 25.0. The highest BCUT2D eigenvalue weighted by Crippen LogP contribution is 2.38. The van der Waals surface area contributed by atoms with Crippen molar-refractivity contribution >= 4 is 70.3 Å². The minimum Gasteiger partial charge on any atom is -0.480 e. The summed E-state index contributed by atoms with van der Waals surface area (Å²) < 4.78 is 29.8. The number of carboxylic acid groups (broad SMARTS) is 1. The van der Waals surface area contributed by atoms with E-state index in [1.165, 1.54) is 0 Å². The van der Waals surface area contributed by atoms with Crippen LogP contribution in [0.15, 0.2) is 47.5 Å². The summed E-state index contributed by atoms with van der Waals surface area (Å²) in [6.07, 6.45) is 3.94. The molecule has 2 aliphatic rings. The van der Waals surface area contributed by atoms with Crippen molar-refractivity contribution in [3.8, 4) is 5.69 Å². The number of nitrogens with zero attached hydrogens (tertiary/aromatic N) is 7. The molecule has 4 aromatic rings. The predicted molar refractivity (Wildman–Crippen MR) is 282 cm³/mol. The number of primary amides is 1. The van der Waals surface area contributed by atoms with Crippen molar-refractivity contribution in [2.24, 2.45) is 16.1 Å². The molecule has 1 aliphatic heterocycles. The molecule has 24 nitrogen and oxygen atoms in total. The molecule has 2 aromatic carbocycles. The van der Waals surface area contributed by atoms with Gasteiger partial charge in [-0.2, -0.15) is 15.1 Å². The van der Waals surface area contributed by atoms with E-state index in [1.54, 1.807) is 47.3 Å². The fraction of sp³-hybridized carbons (Fsp3) is 0.510. The molecule has 0 saturated heterocycles. The van der Waals surface area contributed by atoms with E-state index in [9.17, 15) is 29.1 Å². The first kappa shape index (κ1) is 57.0. The molecular weight excluding hydrogens is 971 g/mol. The van der Waals surface area contributed by atoms with Crippen LogP contribution >= 0.6 is 0 Å². The number of aliphatic imine (C=N–C) groups is 1. The van der Waals surface area contributed by atoms with E-state index in [0.29, 0.717) is 152 Å².